The van der Waals surface area contributed by atoms with E-state index in [-0.39, 0.29) is 12.4 Å². The molecule has 1 aromatic heterocycles. The molecule has 0 aliphatic rings. The molecule has 15 heavy (non-hydrogen) atoms. The molecule has 1 aromatic rings. The van der Waals surface area contributed by atoms with Crippen LogP contribution in [0.3, 0.4) is 0 Å². The highest BCUT2D eigenvalue weighted by atomic mass is 79.9. The summed E-state index contributed by atoms with van der Waals surface area (Å²) >= 11 is 3.29. The Morgan fingerprint density at radius 3 is 2.87 bits per heavy atom. The van der Waals surface area contributed by atoms with Crippen molar-refractivity contribution in [1.29, 1.82) is 0 Å². The summed E-state index contributed by atoms with van der Waals surface area (Å²) in [5.41, 5.74) is 0.714. The lowest BCUT2D eigenvalue weighted by Gasteiger charge is -2.04. The van der Waals surface area contributed by atoms with Gasteiger partial charge in [0.1, 0.15) is 12.2 Å². The lowest BCUT2D eigenvalue weighted by Crippen LogP contribution is -2.09. The largest absolute Gasteiger partial charge is 0.469 e. The molecule has 0 amide bonds. The molecule has 0 aliphatic carbocycles. The summed E-state index contributed by atoms with van der Waals surface area (Å²) in [6.45, 7) is 0.372. The van der Waals surface area contributed by atoms with Gasteiger partial charge in [0.05, 0.1) is 23.9 Å². The minimum Gasteiger partial charge on any atom is -0.469 e. The highest BCUT2D eigenvalue weighted by molar-refractivity contribution is 9.10. The summed E-state index contributed by atoms with van der Waals surface area (Å²) in [4.78, 5) is 19.2. The molecule has 1 rings (SSSR count). The second-order valence-electron chi connectivity index (χ2n) is 2.77. The first kappa shape index (κ1) is 12.1. The van der Waals surface area contributed by atoms with Crippen LogP contribution in [0.25, 0.3) is 0 Å². The van der Waals surface area contributed by atoms with Gasteiger partial charge in [-0.1, -0.05) is 0 Å². The Balaban J connectivity index is 2.82. The van der Waals surface area contributed by atoms with Crippen LogP contribution in [0.1, 0.15) is 11.5 Å². The van der Waals surface area contributed by atoms with Crippen molar-refractivity contribution in [1.82, 2.24) is 9.97 Å². The van der Waals surface area contributed by atoms with Crippen LogP contribution < -0.4 is 0 Å². The van der Waals surface area contributed by atoms with Crippen molar-refractivity contribution in [3.63, 3.8) is 0 Å². The lowest BCUT2D eigenvalue weighted by atomic mass is 10.3. The van der Waals surface area contributed by atoms with Crippen LogP contribution in [0.4, 0.5) is 0 Å². The van der Waals surface area contributed by atoms with Gasteiger partial charge in [0.25, 0.3) is 0 Å². The Labute approximate surface area is 96.0 Å². The number of esters is 1. The van der Waals surface area contributed by atoms with Gasteiger partial charge < -0.3 is 9.47 Å². The topological polar surface area (TPSA) is 61.3 Å². The van der Waals surface area contributed by atoms with E-state index >= 15 is 0 Å². The van der Waals surface area contributed by atoms with Gasteiger partial charge >= 0.3 is 5.97 Å². The number of aromatic nitrogens is 2. The van der Waals surface area contributed by atoms with Crippen LogP contribution in [0, 0.1) is 0 Å². The number of nitrogens with zero attached hydrogens (tertiary/aromatic N) is 2. The maximum atomic E-state index is 11.0. The molecule has 0 bridgehead atoms. The molecule has 0 radical (unpaired) electrons. The van der Waals surface area contributed by atoms with Crippen molar-refractivity contribution in [2.75, 3.05) is 14.2 Å². The van der Waals surface area contributed by atoms with Crippen LogP contribution in [-0.2, 0) is 27.3 Å². The number of hydrogen-bond acceptors (Lipinski definition) is 5. The Kier molecular flexibility index (Phi) is 4.64. The maximum absolute atomic E-state index is 11.0. The van der Waals surface area contributed by atoms with Gasteiger partial charge in [0, 0.05) is 13.3 Å². The highest BCUT2D eigenvalue weighted by Gasteiger charge is 2.09. The van der Waals surface area contributed by atoms with Crippen LogP contribution in [0.15, 0.2) is 10.7 Å². The van der Waals surface area contributed by atoms with Gasteiger partial charge in [-0.15, -0.1) is 0 Å². The van der Waals surface area contributed by atoms with E-state index in [1.54, 1.807) is 13.3 Å². The smallest absolute Gasteiger partial charge is 0.313 e. The normalized spacial score (nSPS) is 10.1. The molecule has 0 saturated heterocycles. The summed E-state index contributed by atoms with van der Waals surface area (Å²) in [6.07, 6.45) is 1.67. The standard InChI is InChI=1S/C9H11BrN2O3/c1-14-5-7-6(10)4-11-8(12-7)3-9(13)15-2/h4H,3,5H2,1-2H3. The molecule has 6 heteroatoms. The molecule has 0 fully saturated rings. The molecule has 5 nitrogen and oxygen atoms in total. The molecule has 0 unspecified atom stereocenters. The second-order valence-corrected chi connectivity index (χ2v) is 3.62. The Morgan fingerprint density at radius 2 is 2.27 bits per heavy atom. The van der Waals surface area contributed by atoms with E-state index in [1.807, 2.05) is 0 Å². The van der Waals surface area contributed by atoms with E-state index in [1.165, 1.54) is 7.11 Å². The van der Waals surface area contributed by atoms with Gasteiger partial charge in [0.2, 0.25) is 0 Å². The molecule has 1 heterocycles. The first-order valence-corrected chi connectivity index (χ1v) is 5.02. The van der Waals surface area contributed by atoms with Crippen molar-refractivity contribution in [3.05, 3.63) is 22.2 Å². The predicted molar refractivity (Wildman–Crippen MR) is 56.2 cm³/mol. The number of hydrogen-bond donors (Lipinski definition) is 0. The minimum atomic E-state index is -0.360. The van der Waals surface area contributed by atoms with Gasteiger partial charge in [-0.3, -0.25) is 4.79 Å². The molecule has 82 valence electrons. The summed E-state index contributed by atoms with van der Waals surface area (Å²) in [6, 6.07) is 0. The third kappa shape index (κ3) is 3.56. The highest BCUT2D eigenvalue weighted by Crippen LogP contribution is 2.14. The zero-order valence-electron chi connectivity index (χ0n) is 8.49. The van der Waals surface area contributed by atoms with E-state index in [2.05, 4.69) is 30.6 Å². The second kappa shape index (κ2) is 5.77. The number of methoxy groups -OCH3 is 2. The molecular weight excluding hydrogens is 264 g/mol. The minimum absolute atomic E-state index is 0.0699. The summed E-state index contributed by atoms with van der Waals surface area (Å²) in [5, 5.41) is 0. The van der Waals surface area contributed by atoms with Gasteiger partial charge in [0.15, 0.2) is 0 Å². The molecule has 0 spiro atoms. The molecule has 0 N–H and O–H groups in total. The lowest BCUT2D eigenvalue weighted by molar-refractivity contribution is -0.139. The first-order chi connectivity index (χ1) is 7.17. The van der Waals surface area contributed by atoms with Gasteiger partial charge in [-0.2, -0.15) is 0 Å². The van der Waals surface area contributed by atoms with Crippen LogP contribution >= 0.6 is 15.9 Å². The van der Waals surface area contributed by atoms with E-state index in [0.717, 1.165) is 4.47 Å². The van der Waals surface area contributed by atoms with Gasteiger partial charge in [-0.05, 0) is 15.9 Å². The van der Waals surface area contributed by atoms with Crippen LogP contribution in [0.5, 0.6) is 0 Å². The van der Waals surface area contributed by atoms with E-state index in [9.17, 15) is 4.79 Å². The SMILES string of the molecule is COCc1nc(CC(=O)OC)ncc1Br. The van der Waals surface area contributed by atoms with Crippen molar-refractivity contribution >= 4 is 21.9 Å². The van der Waals surface area contributed by atoms with E-state index in [4.69, 9.17) is 4.74 Å². The quantitative estimate of drug-likeness (QED) is 0.770. The maximum Gasteiger partial charge on any atom is 0.313 e. The average Bonchev–Trinajstić information content (AvgIpc) is 2.23. The van der Waals surface area contributed by atoms with Crippen molar-refractivity contribution in [2.45, 2.75) is 13.0 Å². The Bertz CT molecular complexity index is 357. The molecular formula is C9H11BrN2O3. The predicted octanol–water partition coefficient (Wildman–Crippen LogP) is 1.10. The van der Waals surface area contributed by atoms with Crippen LogP contribution in [-0.4, -0.2) is 30.2 Å². The number of carbonyl (C=O) groups is 1. The Morgan fingerprint density at radius 1 is 1.53 bits per heavy atom. The molecule has 0 aromatic carbocycles. The average molecular weight is 275 g/mol. The number of rotatable bonds is 4. The van der Waals surface area contributed by atoms with Crippen molar-refractivity contribution in [2.24, 2.45) is 0 Å². The summed E-state index contributed by atoms with van der Waals surface area (Å²) in [7, 11) is 2.91. The zero-order chi connectivity index (χ0) is 11.3. The zero-order valence-corrected chi connectivity index (χ0v) is 10.1. The van der Waals surface area contributed by atoms with Crippen molar-refractivity contribution < 1.29 is 14.3 Å². The third-order valence-corrected chi connectivity index (χ3v) is 2.34. The Hall–Kier alpha value is -1.01. The molecule has 0 aliphatic heterocycles. The number of carbonyl (C=O) groups excluding carboxylic acids is 1. The van der Waals surface area contributed by atoms with E-state index in [0.29, 0.717) is 18.1 Å². The fourth-order valence-corrected chi connectivity index (χ4v) is 1.27. The fraction of sp³-hybridized carbons (Fsp3) is 0.444. The number of halogens is 1. The monoisotopic (exact) mass is 274 g/mol. The number of ether oxygens (including phenoxy) is 2. The summed E-state index contributed by atoms with van der Waals surface area (Å²) in [5.74, 6) is 0.0674. The van der Waals surface area contributed by atoms with Crippen LogP contribution in [0.2, 0.25) is 0 Å². The summed E-state index contributed by atoms with van der Waals surface area (Å²) < 4.78 is 10.2. The first-order valence-electron chi connectivity index (χ1n) is 4.23. The third-order valence-electron chi connectivity index (χ3n) is 1.68. The van der Waals surface area contributed by atoms with Crippen molar-refractivity contribution in [3.8, 4) is 0 Å². The van der Waals surface area contributed by atoms with E-state index < -0.39 is 0 Å². The van der Waals surface area contributed by atoms with Gasteiger partial charge in [-0.25, -0.2) is 9.97 Å². The molecule has 0 saturated carbocycles. The molecule has 0 atom stereocenters. The fourth-order valence-electron chi connectivity index (χ4n) is 0.968.